The lowest BCUT2D eigenvalue weighted by molar-refractivity contribution is 0.121. The highest BCUT2D eigenvalue weighted by molar-refractivity contribution is 5.84. The quantitative estimate of drug-likeness (QED) is 0.899. The Morgan fingerprint density at radius 1 is 1.11 bits per heavy atom. The van der Waals surface area contributed by atoms with E-state index in [0.717, 1.165) is 5.56 Å². The van der Waals surface area contributed by atoms with Gasteiger partial charge in [-0.05, 0) is 36.8 Å². The molecule has 0 spiro atoms. The van der Waals surface area contributed by atoms with Crippen LogP contribution in [0.2, 0.25) is 0 Å². The van der Waals surface area contributed by atoms with Crippen molar-refractivity contribution < 1.29 is 13.9 Å². The maximum atomic E-state index is 12.7. The second-order valence-corrected chi connectivity index (χ2v) is 4.09. The number of halogens is 1. The summed E-state index contributed by atoms with van der Waals surface area (Å²) in [6.45, 7) is 1.79. The van der Waals surface area contributed by atoms with Crippen molar-refractivity contribution in [1.29, 1.82) is 0 Å². The number of carbonyl (C=O) groups is 1. The van der Waals surface area contributed by atoms with Crippen molar-refractivity contribution in [2.24, 2.45) is 0 Å². The summed E-state index contributed by atoms with van der Waals surface area (Å²) in [6, 6.07) is 14.9. The monoisotopic (exact) mass is 259 g/mol. The number of benzene rings is 2. The Morgan fingerprint density at radius 2 is 1.74 bits per heavy atom. The molecule has 0 aromatic heterocycles. The first kappa shape index (κ1) is 13.1. The predicted molar refractivity (Wildman–Crippen MR) is 71.4 cm³/mol. The Hall–Kier alpha value is -2.36. The van der Waals surface area contributed by atoms with E-state index in [9.17, 15) is 9.18 Å². The third-order valence-electron chi connectivity index (χ3n) is 2.64. The van der Waals surface area contributed by atoms with E-state index in [4.69, 9.17) is 4.74 Å². The predicted octanol–water partition coefficient (Wildman–Crippen LogP) is 4.14. The maximum absolute atomic E-state index is 12.7. The first-order valence-corrected chi connectivity index (χ1v) is 5.93. The highest BCUT2D eigenvalue weighted by Crippen LogP contribution is 2.17. The highest BCUT2D eigenvalue weighted by Gasteiger charge is 2.11. The molecule has 0 bridgehead atoms. The van der Waals surface area contributed by atoms with E-state index in [2.05, 4.69) is 5.32 Å². The molecular weight excluding hydrogens is 245 g/mol. The zero-order valence-corrected chi connectivity index (χ0v) is 10.5. The zero-order chi connectivity index (χ0) is 13.7. The standard InChI is InChI=1S/C15H14FNO2/c1-11(12-5-3-2-4-6-12)19-15(18)17-14-9-7-13(16)8-10-14/h2-11H,1H3,(H,17,18). The van der Waals surface area contributed by atoms with Crippen molar-refractivity contribution in [2.75, 3.05) is 5.32 Å². The second-order valence-electron chi connectivity index (χ2n) is 4.09. The van der Waals surface area contributed by atoms with Crippen LogP contribution in [0.25, 0.3) is 0 Å². The second kappa shape index (κ2) is 6.00. The van der Waals surface area contributed by atoms with E-state index < -0.39 is 6.09 Å². The van der Waals surface area contributed by atoms with E-state index in [-0.39, 0.29) is 11.9 Å². The molecule has 2 aromatic carbocycles. The molecule has 4 heteroatoms. The average molecular weight is 259 g/mol. The molecule has 1 unspecified atom stereocenters. The van der Waals surface area contributed by atoms with E-state index in [1.54, 1.807) is 6.92 Å². The molecule has 0 heterocycles. The van der Waals surface area contributed by atoms with Crippen LogP contribution < -0.4 is 5.32 Å². The molecule has 0 aliphatic heterocycles. The van der Waals surface area contributed by atoms with Crippen molar-refractivity contribution in [2.45, 2.75) is 13.0 Å². The van der Waals surface area contributed by atoms with Gasteiger partial charge in [0.25, 0.3) is 0 Å². The van der Waals surface area contributed by atoms with Gasteiger partial charge in [-0.25, -0.2) is 9.18 Å². The number of carbonyl (C=O) groups excluding carboxylic acids is 1. The Morgan fingerprint density at radius 3 is 2.37 bits per heavy atom. The zero-order valence-electron chi connectivity index (χ0n) is 10.5. The SMILES string of the molecule is CC(OC(=O)Nc1ccc(F)cc1)c1ccccc1. The van der Waals surface area contributed by atoms with Gasteiger partial charge in [-0.2, -0.15) is 0 Å². The molecule has 1 amide bonds. The molecule has 0 aliphatic rings. The molecule has 2 rings (SSSR count). The summed E-state index contributed by atoms with van der Waals surface area (Å²) in [6.07, 6.45) is -0.912. The molecule has 0 radical (unpaired) electrons. The Bertz CT molecular complexity index is 540. The van der Waals surface area contributed by atoms with Crippen LogP contribution in [-0.4, -0.2) is 6.09 Å². The van der Waals surface area contributed by atoms with Gasteiger partial charge < -0.3 is 4.74 Å². The maximum Gasteiger partial charge on any atom is 0.412 e. The number of anilines is 1. The number of ether oxygens (including phenoxy) is 1. The molecule has 0 aliphatic carbocycles. The van der Waals surface area contributed by atoms with Crippen LogP contribution in [0, 0.1) is 5.82 Å². The first-order chi connectivity index (χ1) is 9.15. The number of rotatable bonds is 3. The van der Waals surface area contributed by atoms with Gasteiger partial charge in [-0.3, -0.25) is 5.32 Å². The summed E-state index contributed by atoms with van der Waals surface area (Å²) >= 11 is 0. The van der Waals surface area contributed by atoms with Crippen LogP contribution in [0.1, 0.15) is 18.6 Å². The lowest BCUT2D eigenvalue weighted by atomic mass is 10.1. The Labute approximate surface area is 111 Å². The fraction of sp³-hybridized carbons (Fsp3) is 0.133. The van der Waals surface area contributed by atoms with Gasteiger partial charge >= 0.3 is 6.09 Å². The molecule has 0 saturated heterocycles. The minimum absolute atomic E-state index is 0.346. The number of nitrogens with one attached hydrogen (secondary N) is 1. The van der Waals surface area contributed by atoms with Crippen LogP contribution in [0.5, 0.6) is 0 Å². The molecule has 3 nitrogen and oxygen atoms in total. The highest BCUT2D eigenvalue weighted by atomic mass is 19.1. The van der Waals surface area contributed by atoms with Crippen LogP contribution in [0.3, 0.4) is 0 Å². The smallest absolute Gasteiger partial charge is 0.412 e. The fourth-order valence-electron chi connectivity index (χ4n) is 1.63. The topological polar surface area (TPSA) is 38.3 Å². The molecular formula is C15H14FNO2. The third-order valence-corrected chi connectivity index (χ3v) is 2.64. The molecule has 19 heavy (non-hydrogen) atoms. The van der Waals surface area contributed by atoms with E-state index >= 15 is 0 Å². The largest absolute Gasteiger partial charge is 0.441 e. The van der Waals surface area contributed by atoms with E-state index in [1.165, 1.54) is 24.3 Å². The summed E-state index contributed by atoms with van der Waals surface area (Å²) in [5, 5.41) is 2.54. The fourth-order valence-corrected chi connectivity index (χ4v) is 1.63. The van der Waals surface area contributed by atoms with Crippen molar-refractivity contribution in [3.63, 3.8) is 0 Å². The van der Waals surface area contributed by atoms with Gasteiger partial charge in [0.05, 0.1) is 0 Å². The normalized spacial score (nSPS) is 11.7. The molecule has 0 saturated carbocycles. The number of hydrogen-bond donors (Lipinski definition) is 1. The lowest BCUT2D eigenvalue weighted by Crippen LogP contribution is -2.15. The van der Waals surface area contributed by atoms with E-state index in [1.807, 2.05) is 30.3 Å². The van der Waals surface area contributed by atoms with Gasteiger partial charge in [0, 0.05) is 5.69 Å². The molecule has 2 aromatic rings. The van der Waals surface area contributed by atoms with Crippen molar-refractivity contribution in [3.8, 4) is 0 Å². The summed E-state index contributed by atoms with van der Waals surface area (Å²) < 4.78 is 17.9. The van der Waals surface area contributed by atoms with Crippen LogP contribution in [0.15, 0.2) is 54.6 Å². The van der Waals surface area contributed by atoms with Crippen LogP contribution in [0.4, 0.5) is 14.9 Å². The van der Waals surface area contributed by atoms with E-state index in [0.29, 0.717) is 5.69 Å². The average Bonchev–Trinajstić information content (AvgIpc) is 2.42. The minimum atomic E-state index is -0.567. The van der Waals surface area contributed by atoms with Crippen LogP contribution in [-0.2, 0) is 4.74 Å². The molecule has 0 fully saturated rings. The summed E-state index contributed by atoms with van der Waals surface area (Å²) in [4.78, 5) is 11.7. The van der Waals surface area contributed by atoms with Gasteiger partial charge in [-0.15, -0.1) is 0 Å². The lowest BCUT2D eigenvalue weighted by Gasteiger charge is -2.14. The first-order valence-electron chi connectivity index (χ1n) is 5.93. The number of hydrogen-bond acceptors (Lipinski definition) is 2. The third kappa shape index (κ3) is 3.81. The van der Waals surface area contributed by atoms with Crippen molar-refractivity contribution in [1.82, 2.24) is 0 Å². The van der Waals surface area contributed by atoms with Gasteiger partial charge in [0.1, 0.15) is 11.9 Å². The van der Waals surface area contributed by atoms with Crippen molar-refractivity contribution >= 4 is 11.8 Å². The summed E-state index contributed by atoms with van der Waals surface area (Å²) in [5.41, 5.74) is 1.41. The summed E-state index contributed by atoms with van der Waals surface area (Å²) in [7, 11) is 0. The number of amides is 1. The van der Waals surface area contributed by atoms with Gasteiger partial charge in [0.15, 0.2) is 0 Å². The Balaban J connectivity index is 1.93. The van der Waals surface area contributed by atoms with Crippen LogP contribution >= 0.6 is 0 Å². The molecule has 1 atom stereocenters. The molecule has 98 valence electrons. The summed E-state index contributed by atoms with van der Waals surface area (Å²) in [5.74, 6) is -0.350. The Kier molecular flexibility index (Phi) is 4.13. The van der Waals surface area contributed by atoms with Gasteiger partial charge in [0.2, 0.25) is 0 Å². The van der Waals surface area contributed by atoms with Crippen molar-refractivity contribution in [3.05, 3.63) is 66.0 Å². The van der Waals surface area contributed by atoms with Gasteiger partial charge in [-0.1, -0.05) is 30.3 Å². The minimum Gasteiger partial charge on any atom is -0.441 e. The molecule has 1 N–H and O–H groups in total.